The van der Waals surface area contributed by atoms with E-state index in [1.165, 1.54) is 12.8 Å². The molecule has 2 nitrogen and oxygen atoms in total. The molecule has 2 fully saturated rings. The van der Waals surface area contributed by atoms with Crippen LogP contribution >= 0.6 is 11.8 Å². The van der Waals surface area contributed by atoms with Crippen molar-refractivity contribution < 1.29 is 4.39 Å². The first-order chi connectivity index (χ1) is 9.25. The van der Waals surface area contributed by atoms with Gasteiger partial charge < -0.3 is 10.2 Å². The molecule has 3 rings (SSSR count). The van der Waals surface area contributed by atoms with Gasteiger partial charge in [0.25, 0.3) is 0 Å². The van der Waals surface area contributed by atoms with E-state index >= 15 is 0 Å². The zero-order valence-corrected chi connectivity index (χ0v) is 12.2. The fraction of sp³-hybridized carbons (Fsp3) is 0.600. The summed E-state index contributed by atoms with van der Waals surface area (Å²) in [4.78, 5) is 2.25. The lowest BCUT2D eigenvalue weighted by Crippen LogP contribution is -2.41. The molecule has 1 aliphatic heterocycles. The average molecular weight is 280 g/mol. The van der Waals surface area contributed by atoms with Crippen LogP contribution in [0, 0.1) is 5.82 Å². The van der Waals surface area contributed by atoms with E-state index in [1.54, 1.807) is 6.07 Å². The van der Waals surface area contributed by atoms with Gasteiger partial charge in [-0.25, -0.2) is 4.39 Å². The lowest BCUT2D eigenvalue weighted by molar-refractivity contribution is 0.594. The third-order valence-electron chi connectivity index (χ3n) is 3.88. The molecule has 0 amide bonds. The molecule has 0 aromatic heterocycles. The van der Waals surface area contributed by atoms with Crippen LogP contribution in [0.3, 0.4) is 0 Å². The molecule has 1 heterocycles. The average Bonchev–Trinajstić information content (AvgIpc) is 3.22. The Bertz CT molecular complexity index is 448. The minimum Gasteiger partial charge on any atom is -0.365 e. The van der Waals surface area contributed by atoms with Crippen LogP contribution in [0.25, 0.3) is 0 Å². The van der Waals surface area contributed by atoms with Gasteiger partial charge in [-0.15, -0.1) is 0 Å². The summed E-state index contributed by atoms with van der Waals surface area (Å²) in [5.41, 5.74) is 1.93. The first-order valence-corrected chi connectivity index (χ1v) is 8.26. The summed E-state index contributed by atoms with van der Waals surface area (Å²) < 4.78 is 14.3. The fourth-order valence-corrected chi connectivity index (χ4v) is 3.64. The number of anilines is 1. The first kappa shape index (κ1) is 13.3. The lowest BCUT2D eigenvalue weighted by Gasteiger charge is -2.36. The minimum absolute atomic E-state index is 0.0751. The van der Waals surface area contributed by atoms with Crippen molar-refractivity contribution >= 4 is 17.4 Å². The van der Waals surface area contributed by atoms with Crippen molar-refractivity contribution in [3.63, 3.8) is 0 Å². The maximum Gasteiger partial charge on any atom is 0.146 e. The maximum absolute atomic E-state index is 14.3. The monoisotopic (exact) mass is 280 g/mol. The number of nitrogens with one attached hydrogen (secondary N) is 1. The number of hydrogen-bond donors (Lipinski definition) is 1. The summed E-state index contributed by atoms with van der Waals surface area (Å²) in [6.45, 7) is 3.92. The third-order valence-corrected chi connectivity index (χ3v) is 5.07. The van der Waals surface area contributed by atoms with Gasteiger partial charge in [0.1, 0.15) is 5.82 Å². The molecule has 1 atom stereocenters. The highest BCUT2D eigenvalue weighted by Gasteiger charge is 2.25. The molecule has 19 heavy (non-hydrogen) atoms. The summed E-state index contributed by atoms with van der Waals surface area (Å²) in [7, 11) is 0. The van der Waals surface area contributed by atoms with E-state index in [-0.39, 0.29) is 5.82 Å². The summed E-state index contributed by atoms with van der Waals surface area (Å²) in [5, 5.41) is 3.50. The predicted molar refractivity (Wildman–Crippen MR) is 80.4 cm³/mol. The molecule has 1 N–H and O–H groups in total. The second-order valence-corrected chi connectivity index (χ2v) is 6.67. The van der Waals surface area contributed by atoms with Crippen LogP contribution < -0.4 is 10.2 Å². The molecule has 1 aromatic carbocycles. The molecular weight excluding hydrogens is 259 g/mol. The number of hydrogen-bond acceptors (Lipinski definition) is 3. The van der Waals surface area contributed by atoms with Crippen molar-refractivity contribution in [3.05, 3.63) is 29.6 Å². The van der Waals surface area contributed by atoms with Crippen molar-refractivity contribution in [1.82, 2.24) is 5.32 Å². The summed E-state index contributed by atoms with van der Waals surface area (Å²) in [6.07, 6.45) is 2.53. The smallest absolute Gasteiger partial charge is 0.146 e. The number of nitrogens with zero attached hydrogens (tertiary/aromatic N) is 1. The zero-order chi connectivity index (χ0) is 13.2. The van der Waals surface area contributed by atoms with Crippen LogP contribution in [0.2, 0.25) is 0 Å². The molecule has 0 bridgehead atoms. The van der Waals surface area contributed by atoms with Gasteiger partial charge in [-0.05, 0) is 31.4 Å². The quantitative estimate of drug-likeness (QED) is 0.912. The van der Waals surface area contributed by atoms with Gasteiger partial charge in [-0.3, -0.25) is 0 Å². The summed E-state index contributed by atoms with van der Waals surface area (Å²) in [5.74, 6) is 2.10. The molecule has 1 aliphatic carbocycles. The minimum atomic E-state index is -0.0751. The molecule has 0 spiro atoms. The molecule has 1 saturated carbocycles. The largest absolute Gasteiger partial charge is 0.365 e. The maximum atomic E-state index is 14.3. The molecule has 2 aliphatic rings. The second kappa shape index (κ2) is 5.71. The number of thioether (sulfide) groups is 1. The van der Waals surface area contributed by atoms with Gasteiger partial charge in [0.15, 0.2) is 0 Å². The highest BCUT2D eigenvalue weighted by Crippen LogP contribution is 2.30. The Balaban J connectivity index is 1.83. The van der Waals surface area contributed by atoms with E-state index < -0.39 is 0 Å². The Morgan fingerprint density at radius 3 is 3.00 bits per heavy atom. The van der Waals surface area contributed by atoms with Crippen LogP contribution in [0.5, 0.6) is 0 Å². The van der Waals surface area contributed by atoms with E-state index in [0.717, 1.165) is 35.8 Å². The lowest BCUT2D eigenvalue weighted by atomic mass is 10.1. The fourth-order valence-electron chi connectivity index (χ4n) is 2.63. The van der Waals surface area contributed by atoms with Gasteiger partial charge >= 0.3 is 0 Å². The van der Waals surface area contributed by atoms with Crippen molar-refractivity contribution in [3.8, 4) is 0 Å². The molecule has 0 radical (unpaired) electrons. The van der Waals surface area contributed by atoms with Gasteiger partial charge in [-0.2, -0.15) is 11.8 Å². The Morgan fingerprint density at radius 2 is 2.26 bits per heavy atom. The topological polar surface area (TPSA) is 15.3 Å². The molecule has 1 saturated heterocycles. The first-order valence-electron chi connectivity index (χ1n) is 7.11. The van der Waals surface area contributed by atoms with Crippen molar-refractivity contribution in [2.75, 3.05) is 23.0 Å². The Hall–Kier alpha value is -0.740. The second-order valence-electron chi connectivity index (χ2n) is 5.52. The van der Waals surface area contributed by atoms with Gasteiger partial charge in [0.05, 0.1) is 5.69 Å². The molecular formula is C15H21FN2S. The van der Waals surface area contributed by atoms with Gasteiger partial charge in [-0.1, -0.05) is 12.1 Å². The number of benzene rings is 1. The van der Waals surface area contributed by atoms with E-state index in [1.807, 2.05) is 17.8 Å². The SMILES string of the molecule is CC1CSCCN1c1c(F)cccc1CNC1CC1. The molecule has 104 valence electrons. The molecule has 4 heteroatoms. The van der Waals surface area contributed by atoms with E-state index in [0.29, 0.717) is 12.1 Å². The highest BCUT2D eigenvalue weighted by molar-refractivity contribution is 7.99. The molecule has 1 unspecified atom stereocenters. The number of rotatable bonds is 4. The Labute approximate surface area is 118 Å². The van der Waals surface area contributed by atoms with E-state index in [4.69, 9.17) is 0 Å². The van der Waals surface area contributed by atoms with Crippen LogP contribution in [0.1, 0.15) is 25.3 Å². The standard InChI is InChI=1S/C15H21FN2S/c1-11-10-19-8-7-18(11)15-12(3-2-4-14(15)16)9-17-13-5-6-13/h2-4,11,13,17H,5-10H2,1H3. The predicted octanol–water partition coefficient (Wildman–Crippen LogP) is 3.02. The highest BCUT2D eigenvalue weighted by atomic mass is 32.2. The molecule has 1 aromatic rings. The van der Waals surface area contributed by atoms with Crippen LogP contribution in [-0.2, 0) is 6.54 Å². The Morgan fingerprint density at radius 1 is 1.42 bits per heavy atom. The number of halogens is 1. The van der Waals surface area contributed by atoms with Crippen molar-refractivity contribution in [2.24, 2.45) is 0 Å². The third kappa shape index (κ3) is 3.06. The van der Waals surface area contributed by atoms with Crippen molar-refractivity contribution in [1.29, 1.82) is 0 Å². The van der Waals surface area contributed by atoms with E-state index in [9.17, 15) is 4.39 Å². The normalized spacial score (nSPS) is 23.7. The van der Waals surface area contributed by atoms with Crippen LogP contribution in [-0.4, -0.2) is 30.1 Å². The van der Waals surface area contributed by atoms with Crippen LogP contribution in [0.15, 0.2) is 18.2 Å². The van der Waals surface area contributed by atoms with E-state index in [2.05, 4.69) is 23.2 Å². The van der Waals surface area contributed by atoms with Gasteiger partial charge in [0, 0.05) is 36.7 Å². The van der Waals surface area contributed by atoms with Crippen LogP contribution in [0.4, 0.5) is 10.1 Å². The van der Waals surface area contributed by atoms with Crippen molar-refractivity contribution in [2.45, 2.75) is 38.4 Å². The Kier molecular flexibility index (Phi) is 3.99. The van der Waals surface area contributed by atoms with Gasteiger partial charge in [0.2, 0.25) is 0 Å². The summed E-state index contributed by atoms with van der Waals surface area (Å²) >= 11 is 1.96. The summed E-state index contributed by atoms with van der Waals surface area (Å²) in [6, 6.07) is 6.54. The number of para-hydroxylation sites is 1. The zero-order valence-electron chi connectivity index (χ0n) is 11.4.